The Kier molecular flexibility index (Phi) is 4.87. The predicted octanol–water partition coefficient (Wildman–Crippen LogP) is 2.10. The molecule has 0 aliphatic rings. The maximum atomic E-state index is 12.3. The molecule has 1 rings (SSSR count). The van der Waals surface area contributed by atoms with Crippen molar-refractivity contribution < 1.29 is 14.7 Å². The Morgan fingerprint density at radius 2 is 1.95 bits per heavy atom. The van der Waals surface area contributed by atoms with Crippen molar-refractivity contribution >= 4 is 11.9 Å². The molecule has 0 fully saturated rings. The number of carbonyl (C=O) groups excluding carboxylic acids is 1. The third-order valence-corrected chi connectivity index (χ3v) is 3.08. The minimum absolute atomic E-state index is 0.306. The van der Waals surface area contributed by atoms with E-state index in [4.69, 9.17) is 0 Å². The second-order valence-corrected chi connectivity index (χ2v) is 6.10. The van der Waals surface area contributed by atoms with Crippen LogP contribution in [0, 0.1) is 18.3 Å². The van der Waals surface area contributed by atoms with E-state index in [2.05, 4.69) is 4.98 Å². The molecule has 0 radical (unpaired) electrons. The van der Waals surface area contributed by atoms with Crippen LogP contribution in [0.25, 0.3) is 0 Å². The van der Waals surface area contributed by atoms with E-state index in [0.29, 0.717) is 6.54 Å². The Bertz CT molecular complexity index is 506. The minimum Gasteiger partial charge on any atom is -0.481 e. The van der Waals surface area contributed by atoms with E-state index in [1.807, 2.05) is 25.1 Å². The van der Waals surface area contributed by atoms with Gasteiger partial charge in [-0.05, 0) is 24.5 Å². The lowest BCUT2D eigenvalue weighted by atomic mass is 9.80. The monoisotopic (exact) mass is 278 g/mol. The van der Waals surface area contributed by atoms with Gasteiger partial charge in [-0.15, -0.1) is 0 Å². The van der Waals surface area contributed by atoms with Gasteiger partial charge in [-0.25, -0.2) is 0 Å². The van der Waals surface area contributed by atoms with Crippen molar-refractivity contribution in [2.24, 2.45) is 11.3 Å². The number of hydrogen-bond acceptors (Lipinski definition) is 3. The Hall–Kier alpha value is -1.91. The van der Waals surface area contributed by atoms with Crippen molar-refractivity contribution in [3.8, 4) is 0 Å². The normalized spacial score (nSPS) is 12.8. The number of aryl methyl sites for hydroxylation is 1. The second-order valence-electron chi connectivity index (χ2n) is 6.10. The lowest BCUT2D eigenvalue weighted by molar-refractivity contribution is -0.155. The van der Waals surface area contributed by atoms with E-state index in [-0.39, 0.29) is 0 Å². The number of carboxylic acids is 1. The van der Waals surface area contributed by atoms with Crippen LogP contribution in [-0.2, 0) is 16.1 Å². The molecule has 5 nitrogen and oxygen atoms in total. The summed E-state index contributed by atoms with van der Waals surface area (Å²) in [7, 11) is 1.61. The fraction of sp³-hybridized carbons (Fsp3) is 0.533. The molecule has 1 N–H and O–H groups in total. The van der Waals surface area contributed by atoms with Crippen LogP contribution in [0.15, 0.2) is 18.2 Å². The van der Waals surface area contributed by atoms with Crippen molar-refractivity contribution in [3.05, 3.63) is 29.6 Å². The van der Waals surface area contributed by atoms with Crippen LogP contribution in [0.5, 0.6) is 0 Å². The predicted molar refractivity (Wildman–Crippen MR) is 76.0 cm³/mol. The molecule has 0 aromatic carbocycles. The summed E-state index contributed by atoms with van der Waals surface area (Å²) >= 11 is 0. The van der Waals surface area contributed by atoms with Crippen LogP contribution in [-0.4, -0.2) is 33.9 Å². The fourth-order valence-electron chi connectivity index (χ4n) is 2.08. The molecule has 1 unspecified atom stereocenters. The fourth-order valence-corrected chi connectivity index (χ4v) is 2.08. The lowest BCUT2D eigenvalue weighted by Crippen LogP contribution is -2.43. The van der Waals surface area contributed by atoms with Crippen molar-refractivity contribution in [1.29, 1.82) is 0 Å². The number of carboxylic acid groups (broad SMARTS) is 1. The summed E-state index contributed by atoms with van der Waals surface area (Å²) < 4.78 is 0. The number of aliphatic carboxylic acids is 1. The van der Waals surface area contributed by atoms with Gasteiger partial charge in [0.1, 0.15) is 5.92 Å². The third kappa shape index (κ3) is 4.05. The summed E-state index contributed by atoms with van der Waals surface area (Å²) in [6.45, 7) is 7.44. The Labute approximate surface area is 119 Å². The van der Waals surface area contributed by atoms with Gasteiger partial charge >= 0.3 is 5.97 Å². The molecule has 1 aromatic heterocycles. The van der Waals surface area contributed by atoms with E-state index in [1.54, 1.807) is 27.8 Å². The molecular weight excluding hydrogens is 256 g/mol. The first-order valence-corrected chi connectivity index (χ1v) is 6.53. The highest BCUT2D eigenvalue weighted by Gasteiger charge is 2.39. The SMILES string of the molecule is Cc1cccc(CN(C)C(=O)C(C(=O)O)C(C)(C)C)n1. The second kappa shape index (κ2) is 6.03. The van der Waals surface area contributed by atoms with E-state index in [9.17, 15) is 14.7 Å². The molecule has 110 valence electrons. The first-order chi connectivity index (χ1) is 9.12. The van der Waals surface area contributed by atoms with Crippen LogP contribution in [0.4, 0.5) is 0 Å². The maximum Gasteiger partial charge on any atom is 0.316 e. The van der Waals surface area contributed by atoms with Gasteiger partial charge in [-0.2, -0.15) is 0 Å². The van der Waals surface area contributed by atoms with Crippen LogP contribution < -0.4 is 0 Å². The van der Waals surface area contributed by atoms with Gasteiger partial charge < -0.3 is 10.0 Å². The summed E-state index contributed by atoms with van der Waals surface area (Å²) in [5.74, 6) is -2.54. The molecule has 5 heteroatoms. The van der Waals surface area contributed by atoms with Crippen molar-refractivity contribution in [1.82, 2.24) is 9.88 Å². The Morgan fingerprint density at radius 1 is 1.35 bits per heavy atom. The molecule has 1 atom stereocenters. The van der Waals surface area contributed by atoms with Gasteiger partial charge in [0.15, 0.2) is 0 Å². The van der Waals surface area contributed by atoms with Crippen molar-refractivity contribution in [2.75, 3.05) is 7.05 Å². The van der Waals surface area contributed by atoms with Gasteiger partial charge in [-0.1, -0.05) is 26.8 Å². The first-order valence-electron chi connectivity index (χ1n) is 6.53. The first kappa shape index (κ1) is 16.1. The largest absolute Gasteiger partial charge is 0.481 e. The molecule has 1 heterocycles. The highest BCUT2D eigenvalue weighted by atomic mass is 16.4. The average molecular weight is 278 g/mol. The molecule has 1 amide bonds. The average Bonchev–Trinajstić information content (AvgIpc) is 2.26. The van der Waals surface area contributed by atoms with E-state index in [1.165, 1.54) is 4.90 Å². The highest BCUT2D eigenvalue weighted by Crippen LogP contribution is 2.28. The van der Waals surface area contributed by atoms with Gasteiger partial charge in [0.05, 0.1) is 12.2 Å². The molecular formula is C15H22N2O3. The maximum absolute atomic E-state index is 12.3. The third-order valence-electron chi connectivity index (χ3n) is 3.08. The summed E-state index contributed by atoms with van der Waals surface area (Å²) in [5, 5.41) is 9.28. The molecule has 0 saturated heterocycles. The highest BCUT2D eigenvalue weighted by molar-refractivity contribution is 5.97. The van der Waals surface area contributed by atoms with Gasteiger partial charge in [0, 0.05) is 12.7 Å². The minimum atomic E-state index is -1.09. The number of nitrogens with zero attached hydrogens (tertiary/aromatic N) is 2. The van der Waals surface area contributed by atoms with Crippen LogP contribution in [0.1, 0.15) is 32.2 Å². The standard InChI is InChI=1S/C15H22N2O3/c1-10-7-6-8-11(16-10)9-17(5)13(18)12(14(19)20)15(2,3)4/h6-8,12H,9H2,1-5H3,(H,19,20). The lowest BCUT2D eigenvalue weighted by Gasteiger charge is -2.29. The van der Waals surface area contributed by atoms with Gasteiger partial charge in [0.25, 0.3) is 0 Å². The number of carbonyl (C=O) groups is 2. The molecule has 20 heavy (non-hydrogen) atoms. The molecule has 0 saturated carbocycles. The zero-order valence-corrected chi connectivity index (χ0v) is 12.7. The van der Waals surface area contributed by atoms with Crippen LogP contribution in [0.2, 0.25) is 0 Å². The summed E-state index contributed by atoms with van der Waals surface area (Å²) in [6, 6.07) is 5.57. The molecule has 0 spiro atoms. The van der Waals surface area contributed by atoms with Gasteiger partial charge in [0.2, 0.25) is 5.91 Å². The smallest absolute Gasteiger partial charge is 0.316 e. The molecule has 1 aromatic rings. The quantitative estimate of drug-likeness (QED) is 0.856. The number of rotatable bonds is 4. The number of aromatic nitrogens is 1. The Morgan fingerprint density at radius 3 is 2.40 bits per heavy atom. The zero-order valence-electron chi connectivity index (χ0n) is 12.7. The molecule has 0 bridgehead atoms. The zero-order chi connectivity index (χ0) is 15.5. The van der Waals surface area contributed by atoms with Crippen molar-refractivity contribution in [3.63, 3.8) is 0 Å². The number of hydrogen-bond donors (Lipinski definition) is 1. The van der Waals surface area contributed by atoms with E-state index >= 15 is 0 Å². The summed E-state index contributed by atoms with van der Waals surface area (Å²) in [5.41, 5.74) is 0.991. The van der Waals surface area contributed by atoms with Crippen molar-refractivity contribution in [2.45, 2.75) is 34.2 Å². The van der Waals surface area contributed by atoms with Crippen LogP contribution in [0.3, 0.4) is 0 Å². The number of pyridine rings is 1. The Balaban J connectivity index is 2.88. The summed E-state index contributed by atoms with van der Waals surface area (Å²) in [6.07, 6.45) is 0. The number of amides is 1. The molecule has 0 aliphatic carbocycles. The van der Waals surface area contributed by atoms with Gasteiger partial charge in [-0.3, -0.25) is 14.6 Å². The summed E-state index contributed by atoms with van der Waals surface area (Å²) in [4.78, 5) is 29.4. The molecule has 0 aliphatic heterocycles. The van der Waals surface area contributed by atoms with Crippen LogP contribution >= 0.6 is 0 Å². The van der Waals surface area contributed by atoms with E-state index < -0.39 is 23.2 Å². The topological polar surface area (TPSA) is 70.5 Å². The van der Waals surface area contributed by atoms with E-state index in [0.717, 1.165) is 11.4 Å².